The minimum atomic E-state index is -3.67. The van der Waals surface area contributed by atoms with Crippen LogP contribution in [0.15, 0.2) is 17.0 Å². The molecule has 1 saturated carbocycles. The van der Waals surface area contributed by atoms with Gasteiger partial charge in [-0.1, -0.05) is 0 Å². The largest absolute Gasteiger partial charge is 0.382 e. The van der Waals surface area contributed by atoms with Crippen LogP contribution in [0.25, 0.3) is 0 Å². The molecule has 0 atom stereocenters. The topological polar surface area (TPSA) is 98.2 Å². The highest BCUT2D eigenvalue weighted by molar-refractivity contribution is 7.89. The van der Waals surface area contributed by atoms with Crippen molar-refractivity contribution < 1.29 is 8.42 Å². The van der Waals surface area contributed by atoms with Crippen LogP contribution >= 0.6 is 0 Å². The monoisotopic (exact) mass is 297 g/mol. The fourth-order valence-corrected chi connectivity index (χ4v) is 3.25. The lowest BCUT2D eigenvalue weighted by Gasteiger charge is -2.28. The van der Waals surface area contributed by atoms with Crippen molar-refractivity contribution in [2.75, 3.05) is 5.32 Å². The molecule has 1 aliphatic carbocycles. The average Bonchev–Trinajstić information content (AvgIpc) is 2.36. The predicted octanol–water partition coefficient (Wildman–Crippen LogP) is 1.63. The maximum Gasteiger partial charge on any atom is 0.238 e. The van der Waals surface area contributed by atoms with E-state index in [1.54, 1.807) is 12.1 Å². The molecule has 5 N–H and O–H groups in total. The molecule has 5 nitrogen and oxygen atoms in total. The fourth-order valence-electron chi connectivity index (χ4n) is 2.62. The van der Waals surface area contributed by atoms with Crippen LogP contribution in [-0.2, 0) is 10.0 Å². The third kappa shape index (κ3) is 3.50. The van der Waals surface area contributed by atoms with Crippen LogP contribution in [0.1, 0.15) is 36.8 Å². The summed E-state index contributed by atoms with van der Waals surface area (Å²) in [6.45, 7) is 3.88. The van der Waals surface area contributed by atoms with Gasteiger partial charge in [0.1, 0.15) is 0 Å². The zero-order chi connectivity index (χ0) is 14.9. The van der Waals surface area contributed by atoms with Crippen LogP contribution in [0.2, 0.25) is 0 Å². The van der Waals surface area contributed by atoms with Crippen molar-refractivity contribution in [2.24, 2.45) is 10.9 Å². The Morgan fingerprint density at radius 1 is 1.15 bits per heavy atom. The first-order valence-electron chi connectivity index (χ1n) is 6.93. The first kappa shape index (κ1) is 15.3. The third-order valence-corrected chi connectivity index (χ3v) is 4.99. The summed E-state index contributed by atoms with van der Waals surface area (Å²) in [5.74, 6) is 0. The number of nitrogens with one attached hydrogen (secondary N) is 1. The maximum atomic E-state index is 11.5. The van der Waals surface area contributed by atoms with Gasteiger partial charge in [0, 0.05) is 17.8 Å². The van der Waals surface area contributed by atoms with E-state index in [0.29, 0.717) is 12.1 Å². The highest BCUT2D eigenvalue weighted by atomic mass is 32.2. The highest BCUT2D eigenvalue weighted by Crippen LogP contribution is 2.27. The molecule has 0 radical (unpaired) electrons. The van der Waals surface area contributed by atoms with Gasteiger partial charge in [0.05, 0.1) is 4.90 Å². The van der Waals surface area contributed by atoms with Crippen LogP contribution in [0.5, 0.6) is 0 Å². The van der Waals surface area contributed by atoms with Gasteiger partial charge < -0.3 is 11.1 Å². The van der Waals surface area contributed by atoms with Gasteiger partial charge in [-0.25, -0.2) is 13.6 Å². The van der Waals surface area contributed by atoms with Crippen LogP contribution in [0, 0.1) is 13.8 Å². The number of primary sulfonamides is 1. The van der Waals surface area contributed by atoms with Crippen LogP contribution in [0.3, 0.4) is 0 Å². The Hall–Kier alpha value is -1.11. The summed E-state index contributed by atoms with van der Waals surface area (Å²) in [6, 6.07) is 3.90. The fraction of sp³-hybridized carbons (Fsp3) is 0.571. The normalized spacial score (nSPS) is 23.6. The average molecular weight is 297 g/mol. The Kier molecular flexibility index (Phi) is 4.36. The lowest BCUT2D eigenvalue weighted by Crippen LogP contribution is -2.33. The number of aryl methyl sites for hydroxylation is 1. The Labute approximate surface area is 120 Å². The molecule has 6 heteroatoms. The molecule has 1 aromatic rings. The summed E-state index contributed by atoms with van der Waals surface area (Å²) in [7, 11) is -3.67. The molecule has 0 saturated heterocycles. The number of hydrogen-bond acceptors (Lipinski definition) is 4. The van der Waals surface area contributed by atoms with E-state index in [9.17, 15) is 8.42 Å². The van der Waals surface area contributed by atoms with Gasteiger partial charge in [0.2, 0.25) is 10.0 Å². The van der Waals surface area contributed by atoms with Crippen LogP contribution in [0.4, 0.5) is 5.69 Å². The van der Waals surface area contributed by atoms with Gasteiger partial charge in [-0.05, 0) is 62.8 Å². The standard InChI is InChI=1S/C14H23N3O2S/c1-9-7-13(20(16,18)19)8-14(10(9)2)17-12-5-3-11(15)4-6-12/h7-8,11-12,17H,3-6,15H2,1-2H3,(H2,16,18,19). The van der Waals surface area contributed by atoms with Crippen molar-refractivity contribution in [2.45, 2.75) is 56.5 Å². The summed E-state index contributed by atoms with van der Waals surface area (Å²) < 4.78 is 23.0. The Bertz CT molecular complexity index is 591. The molecule has 1 aromatic carbocycles. The van der Waals surface area contributed by atoms with Gasteiger partial charge in [-0.2, -0.15) is 0 Å². The van der Waals surface area contributed by atoms with Gasteiger partial charge in [0.25, 0.3) is 0 Å². The van der Waals surface area contributed by atoms with Gasteiger partial charge in [-0.15, -0.1) is 0 Å². The molecule has 0 aromatic heterocycles. The molecule has 1 aliphatic rings. The van der Waals surface area contributed by atoms with Crippen molar-refractivity contribution >= 4 is 15.7 Å². The number of sulfonamides is 1. The van der Waals surface area contributed by atoms with Crippen molar-refractivity contribution in [1.29, 1.82) is 0 Å². The molecule has 0 unspecified atom stereocenters. The minimum Gasteiger partial charge on any atom is -0.382 e. The molecule has 20 heavy (non-hydrogen) atoms. The number of anilines is 1. The molecule has 0 heterocycles. The Morgan fingerprint density at radius 2 is 1.75 bits per heavy atom. The third-order valence-electron chi connectivity index (χ3n) is 4.10. The number of nitrogens with two attached hydrogens (primary N) is 2. The second kappa shape index (κ2) is 5.71. The molecule has 0 bridgehead atoms. The van der Waals surface area contributed by atoms with Crippen LogP contribution < -0.4 is 16.2 Å². The van der Waals surface area contributed by atoms with Gasteiger partial charge in [0.15, 0.2) is 0 Å². The smallest absolute Gasteiger partial charge is 0.238 e. The molecule has 1 fully saturated rings. The molecule has 0 amide bonds. The zero-order valence-corrected chi connectivity index (χ0v) is 12.8. The lowest BCUT2D eigenvalue weighted by atomic mass is 9.91. The molecule has 0 spiro atoms. The van der Waals surface area contributed by atoms with E-state index in [1.807, 2.05) is 13.8 Å². The lowest BCUT2D eigenvalue weighted by molar-refractivity contribution is 0.411. The van der Waals surface area contributed by atoms with E-state index < -0.39 is 10.0 Å². The molecular weight excluding hydrogens is 274 g/mol. The van der Waals surface area contributed by atoms with Crippen molar-refractivity contribution in [3.63, 3.8) is 0 Å². The number of hydrogen-bond donors (Lipinski definition) is 3. The van der Waals surface area contributed by atoms with Crippen molar-refractivity contribution in [3.8, 4) is 0 Å². The first-order valence-corrected chi connectivity index (χ1v) is 8.48. The SMILES string of the molecule is Cc1cc(S(N)(=O)=O)cc(NC2CCC(N)CC2)c1C. The molecule has 0 aliphatic heterocycles. The van der Waals surface area contributed by atoms with Crippen LogP contribution in [-0.4, -0.2) is 20.5 Å². The molecular formula is C14H23N3O2S. The van der Waals surface area contributed by atoms with Crippen molar-refractivity contribution in [1.82, 2.24) is 0 Å². The molecule has 2 rings (SSSR count). The first-order chi connectivity index (χ1) is 9.27. The summed E-state index contributed by atoms with van der Waals surface area (Å²) in [6.07, 6.45) is 4.04. The van der Waals surface area contributed by atoms with Gasteiger partial charge >= 0.3 is 0 Å². The second-order valence-corrected chi connectivity index (χ2v) is 7.28. The Morgan fingerprint density at radius 3 is 2.30 bits per heavy atom. The molecule has 112 valence electrons. The van der Waals surface area contributed by atoms with E-state index in [-0.39, 0.29) is 4.90 Å². The quantitative estimate of drug-likeness (QED) is 0.789. The van der Waals surface area contributed by atoms with E-state index in [1.165, 1.54) is 0 Å². The zero-order valence-electron chi connectivity index (χ0n) is 12.0. The summed E-state index contributed by atoms with van der Waals surface area (Å²) in [5, 5.41) is 8.67. The summed E-state index contributed by atoms with van der Waals surface area (Å²) in [5.41, 5.74) is 8.74. The second-order valence-electron chi connectivity index (χ2n) is 5.71. The Balaban J connectivity index is 2.25. The number of rotatable bonds is 3. The van der Waals surface area contributed by atoms with E-state index >= 15 is 0 Å². The van der Waals surface area contributed by atoms with E-state index in [2.05, 4.69) is 5.32 Å². The van der Waals surface area contributed by atoms with Gasteiger partial charge in [-0.3, -0.25) is 0 Å². The van der Waals surface area contributed by atoms with E-state index in [0.717, 1.165) is 42.5 Å². The predicted molar refractivity (Wildman–Crippen MR) is 81.1 cm³/mol. The summed E-state index contributed by atoms with van der Waals surface area (Å²) >= 11 is 0. The number of benzene rings is 1. The minimum absolute atomic E-state index is 0.163. The highest BCUT2D eigenvalue weighted by Gasteiger charge is 2.20. The maximum absolute atomic E-state index is 11.5. The van der Waals surface area contributed by atoms with Crippen molar-refractivity contribution in [3.05, 3.63) is 23.3 Å². The summed E-state index contributed by atoms with van der Waals surface area (Å²) in [4.78, 5) is 0.163. The van der Waals surface area contributed by atoms with E-state index in [4.69, 9.17) is 10.9 Å².